The number of thioether (sulfide) groups is 1. The second-order valence-electron chi connectivity index (χ2n) is 5.28. The fourth-order valence-corrected chi connectivity index (χ4v) is 3.34. The van der Waals surface area contributed by atoms with Gasteiger partial charge in [-0.1, -0.05) is 42.2 Å². The van der Waals surface area contributed by atoms with Crippen LogP contribution in [0.15, 0.2) is 29.2 Å². The maximum Gasteiger partial charge on any atom is 0.326 e. The van der Waals surface area contributed by atoms with Crippen molar-refractivity contribution >= 4 is 46.3 Å². The van der Waals surface area contributed by atoms with Crippen molar-refractivity contribution in [3.63, 3.8) is 0 Å². The van der Waals surface area contributed by atoms with Crippen LogP contribution in [0.2, 0.25) is 0 Å². The van der Waals surface area contributed by atoms with E-state index in [2.05, 4.69) is 0 Å². The Morgan fingerprint density at radius 3 is 2.75 bits per heavy atom. The zero-order valence-electron chi connectivity index (χ0n) is 13.8. The number of para-hydroxylation sites is 1. The topological polar surface area (TPSA) is 55.8 Å². The van der Waals surface area contributed by atoms with E-state index in [-0.39, 0.29) is 18.6 Å². The van der Waals surface area contributed by atoms with Crippen LogP contribution in [0.5, 0.6) is 5.75 Å². The van der Waals surface area contributed by atoms with Crippen molar-refractivity contribution in [2.75, 3.05) is 13.2 Å². The molecule has 1 aliphatic heterocycles. The Balaban J connectivity index is 2.18. The van der Waals surface area contributed by atoms with Gasteiger partial charge in [-0.05, 0) is 32.9 Å². The summed E-state index contributed by atoms with van der Waals surface area (Å²) < 4.78 is 11.0. The number of esters is 1. The van der Waals surface area contributed by atoms with Crippen LogP contribution in [0.4, 0.5) is 0 Å². The number of carbonyl (C=O) groups excluding carboxylic acids is 2. The summed E-state index contributed by atoms with van der Waals surface area (Å²) in [7, 11) is 0. The maximum atomic E-state index is 12.5. The third-order valence-corrected chi connectivity index (χ3v) is 4.41. The predicted octanol–water partition coefficient (Wildman–Crippen LogP) is 3.24. The average molecular weight is 365 g/mol. The van der Waals surface area contributed by atoms with E-state index in [1.165, 1.54) is 16.7 Å². The Hall–Kier alpha value is -1.86. The van der Waals surface area contributed by atoms with E-state index >= 15 is 0 Å². The Morgan fingerprint density at radius 1 is 1.38 bits per heavy atom. The summed E-state index contributed by atoms with van der Waals surface area (Å²) in [5.74, 6) is -0.0706. The molecule has 0 unspecified atom stereocenters. The normalized spacial score (nSPS) is 16.2. The largest absolute Gasteiger partial charge is 0.493 e. The van der Waals surface area contributed by atoms with Gasteiger partial charge in [0.15, 0.2) is 0 Å². The van der Waals surface area contributed by atoms with Crippen LogP contribution in [-0.4, -0.2) is 40.4 Å². The summed E-state index contributed by atoms with van der Waals surface area (Å²) in [5, 5.41) is 0. The average Bonchev–Trinajstić information content (AvgIpc) is 2.76. The minimum absolute atomic E-state index is 0.173. The van der Waals surface area contributed by atoms with Gasteiger partial charge >= 0.3 is 5.97 Å². The van der Waals surface area contributed by atoms with E-state index in [1.54, 1.807) is 19.9 Å². The summed E-state index contributed by atoms with van der Waals surface area (Å²) in [6.45, 7) is 5.77. The number of amides is 1. The number of carbonyl (C=O) groups is 2. The zero-order chi connectivity index (χ0) is 17.7. The highest BCUT2D eigenvalue weighted by Gasteiger charge is 2.34. The monoisotopic (exact) mass is 365 g/mol. The molecule has 0 atom stereocenters. The zero-order valence-corrected chi connectivity index (χ0v) is 15.4. The fraction of sp³-hybridized carbons (Fsp3) is 0.353. The molecule has 1 aliphatic rings. The smallest absolute Gasteiger partial charge is 0.326 e. The Morgan fingerprint density at radius 2 is 2.08 bits per heavy atom. The van der Waals surface area contributed by atoms with Crippen molar-refractivity contribution in [1.29, 1.82) is 0 Å². The number of benzene rings is 1. The van der Waals surface area contributed by atoms with Crippen molar-refractivity contribution in [2.45, 2.75) is 26.9 Å². The molecule has 0 N–H and O–H groups in total. The van der Waals surface area contributed by atoms with E-state index in [4.69, 9.17) is 21.7 Å². The second kappa shape index (κ2) is 8.30. The highest BCUT2D eigenvalue weighted by molar-refractivity contribution is 8.26. The molecule has 1 fully saturated rings. The van der Waals surface area contributed by atoms with Crippen molar-refractivity contribution in [3.8, 4) is 5.75 Å². The molecule has 0 saturated carbocycles. The molecular weight excluding hydrogens is 346 g/mol. The third kappa shape index (κ3) is 4.58. The van der Waals surface area contributed by atoms with E-state index in [0.717, 1.165) is 5.56 Å². The van der Waals surface area contributed by atoms with Crippen LogP contribution in [-0.2, 0) is 14.3 Å². The first-order valence-corrected chi connectivity index (χ1v) is 8.81. The first kappa shape index (κ1) is 18.5. The second-order valence-corrected chi connectivity index (χ2v) is 6.95. The lowest BCUT2D eigenvalue weighted by molar-refractivity contribution is -0.149. The molecular formula is C17H19NO4S2. The van der Waals surface area contributed by atoms with Gasteiger partial charge in [-0.3, -0.25) is 14.5 Å². The highest BCUT2D eigenvalue weighted by Crippen LogP contribution is 2.34. The molecule has 0 aliphatic carbocycles. The van der Waals surface area contributed by atoms with Crippen LogP contribution in [0.1, 0.15) is 26.3 Å². The third-order valence-electron chi connectivity index (χ3n) is 3.03. The van der Waals surface area contributed by atoms with Crippen LogP contribution >= 0.6 is 24.0 Å². The van der Waals surface area contributed by atoms with Gasteiger partial charge in [0.25, 0.3) is 5.91 Å². The van der Waals surface area contributed by atoms with Gasteiger partial charge in [-0.2, -0.15) is 0 Å². The molecule has 0 spiro atoms. The van der Waals surface area contributed by atoms with Crippen molar-refractivity contribution in [3.05, 3.63) is 34.7 Å². The highest BCUT2D eigenvalue weighted by atomic mass is 32.2. The first-order chi connectivity index (χ1) is 11.4. The summed E-state index contributed by atoms with van der Waals surface area (Å²) in [6.07, 6.45) is 1.50. The minimum atomic E-state index is -0.475. The molecule has 1 heterocycles. The van der Waals surface area contributed by atoms with Crippen molar-refractivity contribution < 1.29 is 19.1 Å². The molecule has 1 saturated heterocycles. The van der Waals surface area contributed by atoms with E-state index in [0.29, 0.717) is 21.6 Å². The lowest BCUT2D eigenvalue weighted by Gasteiger charge is -2.15. The summed E-state index contributed by atoms with van der Waals surface area (Å²) in [4.78, 5) is 26.0. The Bertz CT molecular complexity index is 685. The summed E-state index contributed by atoms with van der Waals surface area (Å²) in [6, 6.07) is 7.45. The minimum Gasteiger partial charge on any atom is -0.493 e. The lowest BCUT2D eigenvalue weighted by Crippen LogP contribution is -2.35. The number of rotatable bonds is 6. The molecule has 1 aromatic rings. The maximum absolute atomic E-state index is 12.5. The van der Waals surface area contributed by atoms with Gasteiger partial charge in [0.1, 0.15) is 16.6 Å². The molecule has 1 aromatic carbocycles. The molecule has 7 heteroatoms. The van der Waals surface area contributed by atoms with E-state index in [1.807, 2.05) is 31.2 Å². The molecule has 5 nitrogen and oxygen atoms in total. The molecule has 24 heavy (non-hydrogen) atoms. The number of ether oxygens (including phenoxy) is 2. The van der Waals surface area contributed by atoms with E-state index < -0.39 is 5.97 Å². The van der Waals surface area contributed by atoms with Crippen LogP contribution in [0.25, 0.3) is 6.08 Å². The Kier molecular flexibility index (Phi) is 6.39. The SMILES string of the molecule is CCOc1ccccc1/C=C1\SC(=S)N(CC(=O)OC(C)C)C1=O. The molecule has 0 aromatic heterocycles. The molecule has 2 rings (SSSR count). The molecule has 128 valence electrons. The van der Waals surface area contributed by atoms with E-state index in [9.17, 15) is 9.59 Å². The number of thiocarbonyl (C=S) groups is 1. The Labute approximate surface area is 151 Å². The van der Waals surface area contributed by atoms with Gasteiger partial charge in [-0.15, -0.1) is 0 Å². The molecule has 0 bridgehead atoms. The first-order valence-electron chi connectivity index (χ1n) is 7.59. The predicted molar refractivity (Wildman–Crippen MR) is 98.7 cm³/mol. The number of nitrogens with zero attached hydrogens (tertiary/aromatic N) is 1. The van der Waals surface area contributed by atoms with Gasteiger partial charge in [0.2, 0.25) is 0 Å². The standard InChI is InChI=1S/C17H19NO4S2/c1-4-21-13-8-6-5-7-12(13)9-14-16(20)18(17(23)24-14)10-15(19)22-11(2)3/h5-9,11H,4,10H2,1-3H3/b14-9-. The van der Waals surface area contributed by atoms with Gasteiger partial charge in [-0.25, -0.2) is 0 Å². The number of hydrogen-bond acceptors (Lipinski definition) is 6. The van der Waals surface area contributed by atoms with Crippen LogP contribution in [0.3, 0.4) is 0 Å². The fourth-order valence-electron chi connectivity index (χ4n) is 2.09. The summed E-state index contributed by atoms with van der Waals surface area (Å²) >= 11 is 6.38. The molecule has 0 radical (unpaired) electrons. The van der Waals surface area contributed by atoms with Crippen LogP contribution in [0, 0.1) is 0 Å². The quantitative estimate of drug-likeness (QED) is 0.438. The van der Waals surface area contributed by atoms with Crippen molar-refractivity contribution in [1.82, 2.24) is 4.90 Å². The van der Waals surface area contributed by atoms with Gasteiger partial charge in [0, 0.05) is 5.56 Å². The lowest BCUT2D eigenvalue weighted by atomic mass is 10.2. The van der Waals surface area contributed by atoms with Crippen molar-refractivity contribution in [2.24, 2.45) is 0 Å². The van der Waals surface area contributed by atoms with Crippen LogP contribution < -0.4 is 4.74 Å². The van der Waals surface area contributed by atoms with Gasteiger partial charge in [0.05, 0.1) is 17.6 Å². The van der Waals surface area contributed by atoms with Gasteiger partial charge < -0.3 is 9.47 Å². The molecule has 1 amide bonds. The summed E-state index contributed by atoms with van der Waals surface area (Å²) in [5.41, 5.74) is 0.796. The number of hydrogen-bond donors (Lipinski definition) is 0.